The predicted octanol–water partition coefficient (Wildman–Crippen LogP) is 4.36. The second-order valence-electron chi connectivity index (χ2n) is 6.76. The van der Waals surface area contributed by atoms with Gasteiger partial charge in [-0.2, -0.15) is 0 Å². The molecule has 0 saturated heterocycles. The fraction of sp³-hybridized carbons (Fsp3) is 0.208. The number of anilines is 1. The minimum atomic E-state index is -0.100. The van der Waals surface area contributed by atoms with Crippen molar-refractivity contribution < 1.29 is 14.3 Å². The van der Waals surface area contributed by atoms with Gasteiger partial charge in [-0.3, -0.25) is 9.69 Å². The maximum absolute atomic E-state index is 12.7. The van der Waals surface area contributed by atoms with E-state index >= 15 is 0 Å². The van der Waals surface area contributed by atoms with Crippen molar-refractivity contribution in [2.75, 3.05) is 33.1 Å². The van der Waals surface area contributed by atoms with E-state index < -0.39 is 0 Å². The van der Waals surface area contributed by atoms with Crippen LogP contribution in [0.15, 0.2) is 78.9 Å². The Morgan fingerprint density at radius 3 is 1.93 bits per heavy atom. The van der Waals surface area contributed by atoms with E-state index in [1.54, 1.807) is 32.4 Å². The topological polar surface area (TPSA) is 50.8 Å². The highest BCUT2D eigenvalue weighted by Crippen LogP contribution is 2.30. The summed E-state index contributed by atoms with van der Waals surface area (Å²) in [7, 11) is 5.11. The average molecular weight is 390 g/mol. The van der Waals surface area contributed by atoms with E-state index in [2.05, 4.69) is 29.6 Å². The zero-order valence-corrected chi connectivity index (χ0v) is 17.0. The number of amides is 1. The molecule has 1 amide bonds. The maximum atomic E-state index is 12.7. The highest BCUT2D eigenvalue weighted by molar-refractivity contribution is 5.92. The number of hydrogen-bond acceptors (Lipinski definition) is 4. The molecule has 3 aromatic rings. The van der Waals surface area contributed by atoms with Crippen LogP contribution in [0.25, 0.3) is 0 Å². The predicted molar refractivity (Wildman–Crippen MR) is 116 cm³/mol. The second-order valence-corrected chi connectivity index (χ2v) is 6.76. The first-order valence-electron chi connectivity index (χ1n) is 9.44. The molecule has 150 valence electrons. The highest BCUT2D eigenvalue weighted by atomic mass is 16.5. The summed E-state index contributed by atoms with van der Waals surface area (Å²) in [6.45, 7) is 0.239. The van der Waals surface area contributed by atoms with E-state index in [9.17, 15) is 4.79 Å². The Morgan fingerprint density at radius 1 is 0.862 bits per heavy atom. The van der Waals surface area contributed by atoms with Crippen LogP contribution in [-0.4, -0.2) is 38.6 Å². The summed E-state index contributed by atoms with van der Waals surface area (Å²) in [6, 6.07) is 25.7. The van der Waals surface area contributed by atoms with Crippen LogP contribution < -0.4 is 14.8 Å². The number of carbonyl (C=O) groups is 1. The molecule has 29 heavy (non-hydrogen) atoms. The van der Waals surface area contributed by atoms with Gasteiger partial charge in [0.05, 0.1) is 26.8 Å². The number of hydrogen-bond donors (Lipinski definition) is 1. The third-order valence-electron chi connectivity index (χ3n) is 4.73. The SMILES string of the molecule is COc1ccc(NC(=O)CN(C)C(c2ccccc2)c2ccccc2)cc1OC. The third kappa shape index (κ3) is 5.15. The van der Waals surface area contributed by atoms with Crippen LogP contribution in [0.1, 0.15) is 17.2 Å². The summed E-state index contributed by atoms with van der Waals surface area (Å²) in [5.74, 6) is 1.09. The number of carbonyl (C=O) groups excluding carboxylic acids is 1. The number of nitrogens with one attached hydrogen (secondary N) is 1. The molecule has 3 rings (SSSR count). The lowest BCUT2D eigenvalue weighted by molar-refractivity contribution is -0.117. The van der Waals surface area contributed by atoms with E-state index in [1.807, 2.05) is 48.3 Å². The Morgan fingerprint density at radius 2 is 1.41 bits per heavy atom. The van der Waals surface area contributed by atoms with Crippen molar-refractivity contribution in [2.24, 2.45) is 0 Å². The number of likely N-dealkylation sites (N-methyl/N-ethyl adjacent to an activating group) is 1. The minimum absolute atomic E-state index is 0.0199. The normalized spacial score (nSPS) is 10.8. The van der Waals surface area contributed by atoms with E-state index in [0.717, 1.165) is 11.1 Å². The Labute approximate surface area is 171 Å². The van der Waals surface area contributed by atoms with E-state index in [1.165, 1.54) is 0 Å². The summed E-state index contributed by atoms with van der Waals surface area (Å²) >= 11 is 0. The van der Waals surface area contributed by atoms with Gasteiger partial charge >= 0.3 is 0 Å². The van der Waals surface area contributed by atoms with Gasteiger partial charge in [0.15, 0.2) is 11.5 Å². The van der Waals surface area contributed by atoms with Crippen LogP contribution in [0.5, 0.6) is 11.5 Å². The van der Waals surface area contributed by atoms with Crippen molar-refractivity contribution in [3.63, 3.8) is 0 Å². The molecular weight excluding hydrogens is 364 g/mol. The van der Waals surface area contributed by atoms with Gasteiger partial charge in [-0.25, -0.2) is 0 Å². The summed E-state index contributed by atoms with van der Waals surface area (Å²) in [4.78, 5) is 14.8. The lowest BCUT2D eigenvalue weighted by Crippen LogP contribution is -2.33. The molecule has 0 heterocycles. The van der Waals surface area contributed by atoms with Gasteiger partial charge < -0.3 is 14.8 Å². The molecule has 3 aromatic carbocycles. The zero-order valence-electron chi connectivity index (χ0n) is 17.0. The van der Waals surface area contributed by atoms with Crippen LogP contribution in [0.3, 0.4) is 0 Å². The molecule has 5 nitrogen and oxygen atoms in total. The van der Waals surface area contributed by atoms with Gasteiger partial charge in [-0.1, -0.05) is 60.7 Å². The molecule has 0 fully saturated rings. The summed E-state index contributed by atoms with van der Waals surface area (Å²) in [5.41, 5.74) is 2.94. The Hall–Kier alpha value is -3.31. The van der Waals surface area contributed by atoms with Gasteiger partial charge in [0.2, 0.25) is 5.91 Å². The van der Waals surface area contributed by atoms with Crippen LogP contribution in [0.4, 0.5) is 5.69 Å². The van der Waals surface area contributed by atoms with E-state index in [0.29, 0.717) is 17.2 Å². The molecule has 0 aliphatic heterocycles. The first kappa shape index (κ1) is 20.4. The molecule has 0 atom stereocenters. The van der Waals surface area contributed by atoms with Crippen LogP contribution >= 0.6 is 0 Å². The standard InChI is InChI=1S/C24H26N2O3/c1-26(17-23(27)25-20-14-15-21(28-2)22(16-20)29-3)24(18-10-6-4-7-11-18)19-12-8-5-9-13-19/h4-16,24H,17H2,1-3H3,(H,25,27). The fourth-order valence-electron chi connectivity index (χ4n) is 3.40. The van der Waals surface area contributed by atoms with Crippen molar-refractivity contribution in [3.8, 4) is 11.5 Å². The van der Waals surface area contributed by atoms with Crippen LogP contribution in [0, 0.1) is 0 Å². The number of nitrogens with zero attached hydrogens (tertiary/aromatic N) is 1. The lowest BCUT2D eigenvalue weighted by Gasteiger charge is -2.28. The molecule has 1 N–H and O–H groups in total. The minimum Gasteiger partial charge on any atom is -0.493 e. The molecule has 0 unspecified atom stereocenters. The third-order valence-corrected chi connectivity index (χ3v) is 4.73. The van der Waals surface area contributed by atoms with Gasteiger partial charge in [-0.15, -0.1) is 0 Å². The maximum Gasteiger partial charge on any atom is 0.238 e. The molecule has 0 spiro atoms. The molecule has 0 radical (unpaired) electrons. The summed E-state index contributed by atoms with van der Waals surface area (Å²) in [5, 5.41) is 2.94. The highest BCUT2D eigenvalue weighted by Gasteiger charge is 2.21. The quantitative estimate of drug-likeness (QED) is 0.621. The number of methoxy groups -OCH3 is 2. The van der Waals surface area contributed by atoms with Crippen molar-refractivity contribution in [3.05, 3.63) is 90.0 Å². The zero-order chi connectivity index (χ0) is 20.6. The fourth-order valence-corrected chi connectivity index (χ4v) is 3.40. The molecule has 0 saturated carbocycles. The molecule has 0 aromatic heterocycles. The van der Waals surface area contributed by atoms with Crippen molar-refractivity contribution >= 4 is 11.6 Å². The number of rotatable bonds is 8. The van der Waals surface area contributed by atoms with E-state index in [-0.39, 0.29) is 18.5 Å². The summed E-state index contributed by atoms with van der Waals surface area (Å²) in [6.07, 6.45) is 0. The number of ether oxygens (including phenoxy) is 2. The Balaban J connectivity index is 1.76. The van der Waals surface area contributed by atoms with Gasteiger partial charge in [0.1, 0.15) is 0 Å². The first-order valence-corrected chi connectivity index (χ1v) is 9.44. The van der Waals surface area contributed by atoms with Gasteiger partial charge in [-0.05, 0) is 30.3 Å². The monoisotopic (exact) mass is 390 g/mol. The smallest absolute Gasteiger partial charge is 0.238 e. The Kier molecular flexibility index (Phi) is 6.87. The molecule has 0 aliphatic rings. The van der Waals surface area contributed by atoms with Gasteiger partial charge in [0.25, 0.3) is 0 Å². The summed E-state index contributed by atoms with van der Waals surface area (Å²) < 4.78 is 10.6. The van der Waals surface area contributed by atoms with Crippen LogP contribution in [0.2, 0.25) is 0 Å². The van der Waals surface area contributed by atoms with Crippen molar-refractivity contribution in [2.45, 2.75) is 6.04 Å². The molecule has 0 bridgehead atoms. The van der Waals surface area contributed by atoms with Crippen LogP contribution in [-0.2, 0) is 4.79 Å². The molecule has 0 aliphatic carbocycles. The molecular formula is C24H26N2O3. The largest absolute Gasteiger partial charge is 0.493 e. The average Bonchev–Trinajstić information content (AvgIpc) is 2.75. The molecule has 5 heteroatoms. The van der Waals surface area contributed by atoms with Gasteiger partial charge in [0, 0.05) is 11.8 Å². The van der Waals surface area contributed by atoms with E-state index in [4.69, 9.17) is 9.47 Å². The Bertz CT molecular complexity index is 890. The van der Waals surface area contributed by atoms with Crippen molar-refractivity contribution in [1.82, 2.24) is 4.90 Å². The first-order chi connectivity index (χ1) is 14.1. The number of benzene rings is 3. The lowest BCUT2D eigenvalue weighted by atomic mass is 9.97. The second kappa shape index (κ2) is 9.75. The van der Waals surface area contributed by atoms with Crippen molar-refractivity contribution in [1.29, 1.82) is 0 Å².